The highest BCUT2D eigenvalue weighted by molar-refractivity contribution is 6.30. The van der Waals surface area contributed by atoms with Gasteiger partial charge < -0.3 is 15.2 Å². The summed E-state index contributed by atoms with van der Waals surface area (Å²) in [5.41, 5.74) is 6.83. The molecule has 0 heterocycles. The van der Waals surface area contributed by atoms with Gasteiger partial charge in [0.15, 0.2) is 0 Å². The minimum Gasteiger partial charge on any atom is -0.490 e. The van der Waals surface area contributed by atoms with E-state index in [2.05, 4.69) is 20.8 Å². The van der Waals surface area contributed by atoms with Crippen molar-refractivity contribution in [1.82, 2.24) is 0 Å². The number of hydrogen-bond donors (Lipinski definition) is 1. The van der Waals surface area contributed by atoms with E-state index in [0.717, 1.165) is 5.75 Å². The van der Waals surface area contributed by atoms with Crippen molar-refractivity contribution in [3.8, 4) is 17.6 Å². The number of nitrogens with two attached hydrogens (primary N) is 1. The van der Waals surface area contributed by atoms with E-state index in [0.29, 0.717) is 22.9 Å². The number of nitriles is 1. The first-order valence-electron chi connectivity index (χ1n) is 8.78. The van der Waals surface area contributed by atoms with Crippen molar-refractivity contribution in [2.75, 3.05) is 13.2 Å². The van der Waals surface area contributed by atoms with Crippen LogP contribution in [0.4, 0.5) is 0 Å². The van der Waals surface area contributed by atoms with Gasteiger partial charge in [-0.3, -0.25) is 4.79 Å². The first-order chi connectivity index (χ1) is 13.2. The Bertz CT molecular complexity index is 907. The Labute approximate surface area is 170 Å². The molecule has 0 saturated carbocycles. The summed E-state index contributed by atoms with van der Waals surface area (Å²) in [7, 11) is 0. The second-order valence-electron chi connectivity index (χ2n) is 7.19. The van der Waals surface area contributed by atoms with Crippen LogP contribution >= 0.6 is 11.6 Å². The summed E-state index contributed by atoms with van der Waals surface area (Å²) in [6.45, 7) is 7.09. The fraction of sp³-hybridized carbons (Fsp3) is 0.273. The highest BCUT2D eigenvalue weighted by Crippen LogP contribution is 2.26. The molecule has 0 saturated heterocycles. The molecule has 0 spiro atoms. The van der Waals surface area contributed by atoms with Gasteiger partial charge in [0, 0.05) is 10.6 Å². The molecule has 0 bridgehead atoms. The van der Waals surface area contributed by atoms with Crippen molar-refractivity contribution >= 4 is 23.6 Å². The van der Waals surface area contributed by atoms with Gasteiger partial charge in [0.2, 0.25) is 0 Å². The summed E-state index contributed by atoms with van der Waals surface area (Å²) in [5, 5.41) is 9.47. The molecular weight excluding hydrogens is 376 g/mol. The first kappa shape index (κ1) is 21.3. The zero-order chi connectivity index (χ0) is 20.7. The average Bonchev–Trinajstić information content (AvgIpc) is 2.64. The molecule has 2 aromatic carbocycles. The van der Waals surface area contributed by atoms with Crippen LogP contribution in [0.15, 0.2) is 48.0 Å². The van der Waals surface area contributed by atoms with Gasteiger partial charge in [0.1, 0.15) is 36.4 Å². The number of carbonyl (C=O) groups excluding carboxylic acids is 1. The van der Waals surface area contributed by atoms with Crippen molar-refractivity contribution < 1.29 is 14.3 Å². The molecule has 28 heavy (non-hydrogen) atoms. The molecule has 2 N–H and O–H groups in total. The van der Waals surface area contributed by atoms with Crippen molar-refractivity contribution in [2.24, 2.45) is 5.73 Å². The lowest BCUT2D eigenvalue weighted by Crippen LogP contribution is -2.13. The summed E-state index contributed by atoms with van der Waals surface area (Å²) >= 11 is 6.00. The quantitative estimate of drug-likeness (QED) is 0.423. The van der Waals surface area contributed by atoms with Gasteiger partial charge in [-0.15, -0.1) is 0 Å². The van der Waals surface area contributed by atoms with Crippen LogP contribution in [0.3, 0.4) is 0 Å². The van der Waals surface area contributed by atoms with Gasteiger partial charge in [-0.25, -0.2) is 0 Å². The predicted molar refractivity (Wildman–Crippen MR) is 110 cm³/mol. The standard InChI is InChI=1S/C22H23ClN2O3/c1-22(2,3)17-4-7-19(8-5-17)27-10-11-28-20-9-6-18(23)13-15(20)12-16(14-24)21(25)26/h4-9,12-13H,10-11H2,1-3H3,(H2,25,26)/b16-12-. The molecule has 0 aliphatic rings. The number of rotatable bonds is 7. The van der Waals surface area contributed by atoms with Crippen LogP contribution in [0.25, 0.3) is 6.08 Å². The van der Waals surface area contributed by atoms with Gasteiger partial charge in [-0.05, 0) is 47.4 Å². The van der Waals surface area contributed by atoms with Crippen LogP contribution in [0.5, 0.6) is 11.5 Å². The fourth-order valence-corrected chi connectivity index (χ4v) is 2.62. The number of carbonyl (C=O) groups is 1. The van der Waals surface area contributed by atoms with Gasteiger partial charge in [0.25, 0.3) is 5.91 Å². The fourth-order valence-electron chi connectivity index (χ4n) is 2.44. The maximum atomic E-state index is 11.3. The molecule has 2 rings (SSSR count). The van der Waals surface area contributed by atoms with E-state index in [1.54, 1.807) is 24.3 Å². The molecule has 0 atom stereocenters. The van der Waals surface area contributed by atoms with Crippen LogP contribution in [-0.4, -0.2) is 19.1 Å². The summed E-state index contributed by atoms with van der Waals surface area (Å²) < 4.78 is 11.4. The zero-order valence-corrected chi connectivity index (χ0v) is 16.9. The van der Waals surface area contributed by atoms with Crippen LogP contribution in [0.1, 0.15) is 31.9 Å². The van der Waals surface area contributed by atoms with E-state index in [1.807, 2.05) is 24.3 Å². The third-order valence-electron chi connectivity index (χ3n) is 3.99. The van der Waals surface area contributed by atoms with E-state index < -0.39 is 5.91 Å². The van der Waals surface area contributed by atoms with Gasteiger partial charge in [0.05, 0.1) is 0 Å². The van der Waals surface area contributed by atoms with Crippen molar-refractivity contribution in [1.29, 1.82) is 5.26 Å². The predicted octanol–water partition coefficient (Wildman–Crippen LogP) is 4.49. The van der Waals surface area contributed by atoms with Gasteiger partial charge in [-0.1, -0.05) is 44.5 Å². The number of primary amides is 1. The molecule has 1 amide bonds. The molecule has 146 valence electrons. The summed E-state index contributed by atoms with van der Waals surface area (Å²) in [5.74, 6) is 0.425. The van der Waals surface area contributed by atoms with Gasteiger partial charge in [-0.2, -0.15) is 5.26 Å². The molecular formula is C22H23ClN2O3. The number of benzene rings is 2. The zero-order valence-electron chi connectivity index (χ0n) is 16.2. The number of amides is 1. The van der Waals surface area contributed by atoms with Crippen molar-refractivity contribution in [3.63, 3.8) is 0 Å². The molecule has 5 nitrogen and oxygen atoms in total. The summed E-state index contributed by atoms with van der Waals surface area (Å²) in [6, 6.07) is 14.7. The van der Waals surface area contributed by atoms with E-state index in [-0.39, 0.29) is 17.6 Å². The molecule has 0 fully saturated rings. The molecule has 0 aromatic heterocycles. The lowest BCUT2D eigenvalue weighted by molar-refractivity contribution is -0.114. The Balaban J connectivity index is 2.00. The number of halogens is 1. The highest BCUT2D eigenvalue weighted by atomic mass is 35.5. The summed E-state index contributed by atoms with van der Waals surface area (Å²) in [4.78, 5) is 11.3. The largest absolute Gasteiger partial charge is 0.490 e. The minimum atomic E-state index is -0.810. The Hall–Kier alpha value is -2.97. The van der Waals surface area contributed by atoms with E-state index >= 15 is 0 Å². The normalized spacial score (nSPS) is 11.6. The maximum absolute atomic E-state index is 11.3. The van der Waals surface area contributed by atoms with Crippen LogP contribution in [0, 0.1) is 11.3 Å². The topological polar surface area (TPSA) is 85.3 Å². The van der Waals surface area contributed by atoms with Crippen molar-refractivity contribution in [3.05, 3.63) is 64.2 Å². The monoisotopic (exact) mass is 398 g/mol. The minimum absolute atomic E-state index is 0.0906. The second kappa shape index (κ2) is 9.29. The molecule has 0 unspecified atom stereocenters. The molecule has 6 heteroatoms. The maximum Gasteiger partial charge on any atom is 0.259 e. The Morgan fingerprint density at radius 1 is 1.14 bits per heavy atom. The highest BCUT2D eigenvalue weighted by Gasteiger charge is 2.13. The third-order valence-corrected chi connectivity index (χ3v) is 4.22. The lowest BCUT2D eigenvalue weighted by Gasteiger charge is -2.19. The Morgan fingerprint density at radius 3 is 2.36 bits per heavy atom. The number of nitrogens with zero attached hydrogens (tertiary/aromatic N) is 1. The SMILES string of the molecule is CC(C)(C)c1ccc(OCCOc2ccc(Cl)cc2/C=C(/C#N)C(N)=O)cc1. The van der Waals surface area contributed by atoms with Gasteiger partial charge >= 0.3 is 0 Å². The van der Waals surface area contributed by atoms with E-state index in [9.17, 15) is 4.79 Å². The van der Waals surface area contributed by atoms with Crippen LogP contribution < -0.4 is 15.2 Å². The lowest BCUT2D eigenvalue weighted by atomic mass is 9.87. The number of ether oxygens (including phenoxy) is 2. The smallest absolute Gasteiger partial charge is 0.259 e. The molecule has 0 radical (unpaired) electrons. The number of hydrogen-bond acceptors (Lipinski definition) is 4. The first-order valence-corrected chi connectivity index (χ1v) is 9.16. The van der Waals surface area contributed by atoms with Crippen molar-refractivity contribution in [2.45, 2.75) is 26.2 Å². The van der Waals surface area contributed by atoms with E-state index in [4.69, 9.17) is 32.1 Å². The van der Waals surface area contributed by atoms with Crippen LogP contribution in [-0.2, 0) is 10.2 Å². The Kier molecular flexibility index (Phi) is 7.08. The average molecular weight is 399 g/mol. The van der Waals surface area contributed by atoms with E-state index in [1.165, 1.54) is 11.6 Å². The molecule has 0 aliphatic heterocycles. The summed E-state index contributed by atoms with van der Waals surface area (Å²) in [6.07, 6.45) is 1.36. The third kappa shape index (κ3) is 6.04. The Morgan fingerprint density at radius 2 is 1.79 bits per heavy atom. The van der Waals surface area contributed by atoms with Crippen LogP contribution in [0.2, 0.25) is 5.02 Å². The molecule has 0 aliphatic carbocycles. The molecule has 2 aromatic rings. The second-order valence-corrected chi connectivity index (χ2v) is 7.62.